The van der Waals surface area contributed by atoms with Gasteiger partial charge in [-0.3, -0.25) is 9.59 Å². The van der Waals surface area contributed by atoms with Crippen molar-refractivity contribution in [2.75, 3.05) is 0 Å². The molecule has 1 aromatic carbocycles. The Kier molecular flexibility index (Phi) is 7.86. The maximum atomic E-state index is 13.3. The standard InChI is InChI=1S/C29H37F3N2O4/c1-17-24(26(35)33-22-11-20(12-22)27(36)37)15-25(34(17)16-18-8-6-5-7-9-18)19-10-21(28(2,3)4)14-23(13-19)38-29(30,31)32/h10,13-15,18,20,22H,5-9,11-12,16H2,1-4H3,(H,33,35)(H,36,37)/t20-,22-. The number of benzene rings is 1. The summed E-state index contributed by atoms with van der Waals surface area (Å²) in [5.41, 5.74) is 2.70. The number of hydrogen-bond donors (Lipinski definition) is 2. The number of ether oxygens (including phenoxy) is 1. The second kappa shape index (κ2) is 10.7. The van der Waals surface area contributed by atoms with Crippen molar-refractivity contribution in [1.82, 2.24) is 9.88 Å². The van der Waals surface area contributed by atoms with Gasteiger partial charge in [0, 0.05) is 29.5 Å². The van der Waals surface area contributed by atoms with Crippen LogP contribution in [0.25, 0.3) is 11.3 Å². The largest absolute Gasteiger partial charge is 0.573 e. The summed E-state index contributed by atoms with van der Waals surface area (Å²) in [6.07, 6.45) is 1.58. The zero-order valence-corrected chi connectivity index (χ0v) is 22.5. The molecule has 0 atom stereocenters. The van der Waals surface area contributed by atoms with Crippen LogP contribution in [0.2, 0.25) is 0 Å². The summed E-state index contributed by atoms with van der Waals surface area (Å²) in [5, 5.41) is 12.1. The summed E-state index contributed by atoms with van der Waals surface area (Å²) in [4.78, 5) is 24.4. The topological polar surface area (TPSA) is 80.6 Å². The van der Waals surface area contributed by atoms with Gasteiger partial charge in [0.25, 0.3) is 5.91 Å². The van der Waals surface area contributed by atoms with E-state index < -0.39 is 23.7 Å². The van der Waals surface area contributed by atoms with Crippen molar-refractivity contribution in [2.45, 2.75) is 97.0 Å². The minimum Gasteiger partial charge on any atom is -0.481 e. The van der Waals surface area contributed by atoms with Crippen molar-refractivity contribution in [1.29, 1.82) is 0 Å². The van der Waals surface area contributed by atoms with Gasteiger partial charge in [-0.25, -0.2) is 0 Å². The number of nitrogens with zero attached hydrogens (tertiary/aromatic N) is 1. The zero-order chi connectivity index (χ0) is 27.8. The molecular formula is C29H37F3N2O4. The molecule has 0 spiro atoms. The average Bonchev–Trinajstić information content (AvgIpc) is 3.10. The van der Waals surface area contributed by atoms with Crippen LogP contribution in [-0.2, 0) is 16.8 Å². The summed E-state index contributed by atoms with van der Waals surface area (Å²) in [6.45, 7) is 8.32. The second-order valence-corrected chi connectivity index (χ2v) is 11.9. The minimum atomic E-state index is -4.82. The molecule has 38 heavy (non-hydrogen) atoms. The van der Waals surface area contributed by atoms with E-state index in [-0.39, 0.29) is 17.7 Å². The van der Waals surface area contributed by atoms with Crippen molar-refractivity contribution < 1.29 is 32.6 Å². The van der Waals surface area contributed by atoms with Crippen LogP contribution in [0.3, 0.4) is 0 Å². The van der Waals surface area contributed by atoms with Crippen LogP contribution < -0.4 is 10.1 Å². The van der Waals surface area contributed by atoms with Crippen molar-refractivity contribution in [3.05, 3.63) is 41.1 Å². The molecule has 1 amide bonds. The number of halogens is 3. The number of carbonyl (C=O) groups is 2. The molecule has 208 valence electrons. The normalized spacial score (nSPS) is 20.6. The lowest BCUT2D eigenvalue weighted by molar-refractivity contribution is -0.274. The third kappa shape index (κ3) is 6.53. The van der Waals surface area contributed by atoms with Crippen molar-refractivity contribution in [2.24, 2.45) is 11.8 Å². The van der Waals surface area contributed by atoms with Gasteiger partial charge in [-0.15, -0.1) is 13.2 Å². The molecule has 0 bridgehead atoms. The van der Waals surface area contributed by atoms with Crippen LogP contribution >= 0.6 is 0 Å². The van der Waals surface area contributed by atoms with E-state index in [0.29, 0.717) is 47.7 Å². The average molecular weight is 535 g/mol. The predicted octanol–water partition coefficient (Wildman–Crippen LogP) is 6.83. The van der Waals surface area contributed by atoms with Gasteiger partial charge < -0.3 is 19.7 Å². The van der Waals surface area contributed by atoms with Crippen LogP contribution in [0.4, 0.5) is 13.2 Å². The highest BCUT2D eigenvalue weighted by atomic mass is 19.4. The number of rotatable bonds is 7. The van der Waals surface area contributed by atoms with Gasteiger partial charge in [-0.05, 0) is 73.8 Å². The third-order valence-electron chi connectivity index (χ3n) is 7.90. The molecule has 2 aromatic rings. The Morgan fingerprint density at radius 2 is 1.71 bits per heavy atom. The molecule has 2 aliphatic carbocycles. The summed E-state index contributed by atoms with van der Waals surface area (Å²) in [5.74, 6) is -1.46. The summed E-state index contributed by atoms with van der Waals surface area (Å²) >= 11 is 0. The number of carboxylic acids is 1. The maximum Gasteiger partial charge on any atom is 0.573 e. The molecule has 0 aliphatic heterocycles. The number of amides is 1. The van der Waals surface area contributed by atoms with Crippen LogP contribution in [0, 0.1) is 18.8 Å². The molecule has 2 aliphatic rings. The Morgan fingerprint density at radius 3 is 2.29 bits per heavy atom. The Bertz CT molecular complexity index is 1180. The molecule has 6 nitrogen and oxygen atoms in total. The van der Waals surface area contributed by atoms with E-state index >= 15 is 0 Å². The van der Waals surface area contributed by atoms with E-state index in [1.54, 1.807) is 6.07 Å². The third-order valence-corrected chi connectivity index (χ3v) is 7.90. The van der Waals surface area contributed by atoms with Crippen LogP contribution in [-0.4, -0.2) is 34.0 Å². The van der Waals surface area contributed by atoms with E-state index in [4.69, 9.17) is 5.11 Å². The molecule has 0 unspecified atom stereocenters. The molecule has 4 rings (SSSR count). The summed E-state index contributed by atoms with van der Waals surface area (Å²) in [6, 6.07) is 6.23. The highest BCUT2D eigenvalue weighted by molar-refractivity contribution is 5.97. The summed E-state index contributed by atoms with van der Waals surface area (Å²) in [7, 11) is 0. The number of hydrogen-bond acceptors (Lipinski definition) is 3. The van der Waals surface area contributed by atoms with Gasteiger partial charge in [-0.1, -0.05) is 40.0 Å². The van der Waals surface area contributed by atoms with Crippen molar-refractivity contribution >= 4 is 11.9 Å². The fraction of sp³-hybridized carbons (Fsp3) is 0.586. The quantitative estimate of drug-likeness (QED) is 0.408. The maximum absolute atomic E-state index is 13.3. The first-order chi connectivity index (χ1) is 17.7. The lowest BCUT2D eigenvalue weighted by atomic mass is 9.80. The van der Waals surface area contributed by atoms with E-state index in [1.165, 1.54) is 18.6 Å². The van der Waals surface area contributed by atoms with Gasteiger partial charge in [-0.2, -0.15) is 0 Å². The molecular weight excluding hydrogens is 497 g/mol. The molecule has 0 radical (unpaired) electrons. The number of nitrogens with one attached hydrogen (secondary N) is 1. The number of aromatic nitrogens is 1. The van der Waals surface area contributed by atoms with E-state index in [9.17, 15) is 22.8 Å². The number of aliphatic carboxylic acids is 1. The SMILES string of the molecule is Cc1c(C(=O)N[C@H]2C[C@H](C(=O)O)C2)cc(-c2cc(OC(F)(F)F)cc(C(C)(C)C)c2)n1CC1CCCCC1. The zero-order valence-electron chi connectivity index (χ0n) is 22.5. The molecule has 2 N–H and O–H groups in total. The monoisotopic (exact) mass is 534 g/mol. The Hall–Kier alpha value is -2.97. The number of alkyl halides is 3. The van der Waals surface area contributed by atoms with E-state index in [0.717, 1.165) is 31.4 Å². The van der Waals surface area contributed by atoms with Crippen LogP contribution in [0.15, 0.2) is 24.3 Å². The fourth-order valence-corrected chi connectivity index (χ4v) is 5.55. The lowest BCUT2D eigenvalue weighted by Crippen LogP contribution is -2.46. The number of carboxylic acid groups (broad SMARTS) is 1. The lowest BCUT2D eigenvalue weighted by Gasteiger charge is -2.32. The van der Waals surface area contributed by atoms with Gasteiger partial charge in [0.2, 0.25) is 0 Å². The Labute approximate surface area is 221 Å². The van der Waals surface area contributed by atoms with Crippen molar-refractivity contribution in [3.63, 3.8) is 0 Å². The molecule has 9 heteroatoms. The minimum absolute atomic E-state index is 0.204. The number of carbonyl (C=O) groups excluding carboxylic acids is 1. The molecule has 0 saturated heterocycles. The van der Waals surface area contributed by atoms with E-state index in [2.05, 4.69) is 14.6 Å². The summed E-state index contributed by atoms with van der Waals surface area (Å²) < 4.78 is 46.0. The first-order valence-electron chi connectivity index (χ1n) is 13.4. The second-order valence-electron chi connectivity index (χ2n) is 11.9. The molecule has 1 heterocycles. The smallest absolute Gasteiger partial charge is 0.481 e. The highest BCUT2D eigenvalue weighted by Gasteiger charge is 2.36. The molecule has 2 fully saturated rings. The van der Waals surface area contributed by atoms with Gasteiger partial charge in [0.05, 0.1) is 11.5 Å². The molecule has 2 saturated carbocycles. The predicted molar refractivity (Wildman–Crippen MR) is 138 cm³/mol. The van der Waals surface area contributed by atoms with Crippen LogP contribution in [0.1, 0.15) is 87.3 Å². The molecule has 1 aromatic heterocycles. The van der Waals surface area contributed by atoms with Gasteiger partial charge in [0.1, 0.15) is 5.75 Å². The fourth-order valence-electron chi connectivity index (χ4n) is 5.55. The highest BCUT2D eigenvalue weighted by Crippen LogP contribution is 2.37. The van der Waals surface area contributed by atoms with Gasteiger partial charge in [0.15, 0.2) is 0 Å². The first-order valence-corrected chi connectivity index (χ1v) is 13.4. The van der Waals surface area contributed by atoms with Gasteiger partial charge >= 0.3 is 12.3 Å². The van der Waals surface area contributed by atoms with Crippen molar-refractivity contribution in [3.8, 4) is 17.0 Å². The van der Waals surface area contributed by atoms with E-state index in [1.807, 2.05) is 33.8 Å². The Morgan fingerprint density at radius 1 is 1.05 bits per heavy atom. The first kappa shape index (κ1) is 28.0. The Balaban J connectivity index is 1.73. The van der Waals surface area contributed by atoms with Crippen LogP contribution in [0.5, 0.6) is 5.75 Å².